The fourth-order valence-corrected chi connectivity index (χ4v) is 2.57. The zero-order valence-corrected chi connectivity index (χ0v) is 10.2. The molecule has 3 aliphatic rings. The van der Waals surface area contributed by atoms with E-state index >= 15 is 0 Å². The van der Waals surface area contributed by atoms with Crippen LogP contribution in [0.3, 0.4) is 0 Å². The van der Waals surface area contributed by atoms with E-state index < -0.39 is 0 Å². The summed E-state index contributed by atoms with van der Waals surface area (Å²) in [4.78, 5) is 4.30. The number of aliphatic imine (C=N–C) groups is 1. The summed E-state index contributed by atoms with van der Waals surface area (Å²) in [5.41, 5.74) is 4.34. The first-order chi connectivity index (χ1) is 8.33. The first kappa shape index (κ1) is 10.6. The third-order valence-corrected chi connectivity index (χ3v) is 3.55. The van der Waals surface area contributed by atoms with Crippen molar-refractivity contribution in [3.05, 3.63) is 34.9 Å². The van der Waals surface area contributed by atoms with E-state index in [9.17, 15) is 0 Å². The van der Waals surface area contributed by atoms with Crippen LogP contribution in [0.5, 0.6) is 0 Å². The quantitative estimate of drug-likeness (QED) is 0.750. The molecular weight excluding hydrogens is 212 g/mol. The topological polar surface area (TPSA) is 33.6 Å². The molecule has 1 fully saturated rings. The molecule has 1 aliphatic heterocycles. The average molecular weight is 230 g/mol. The Labute approximate surface area is 102 Å². The van der Waals surface area contributed by atoms with Gasteiger partial charge in [-0.15, -0.1) is 0 Å². The Kier molecular flexibility index (Phi) is 2.75. The van der Waals surface area contributed by atoms with E-state index in [4.69, 9.17) is 4.74 Å². The third-order valence-electron chi connectivity index (χ3n) is 3.55. The van der Waals surface area contributed by atoms with Crippen LogP contribution in [0.15, 0.2) is 39.9 Å². The minimum atomic E-state index is 0.375. The van der Waals surface area contributed by atoms with Gasteiger partial charge in [0.15, 0.2) is 0 Å². The summed E-state index contributed by atoms with van der Waals surface area (Å²) in [6, 6.07) is 1.10. The minimum absolute atomic E-state index is 0.375. The van der Waals surface area contributed by atoms with Gasteiger partial charge in [-0.25, -0.2) is 4.99 Å². The molecule has 0 amide bonds. The van der Waals surface area contributed by atoms with Crippen LogP contribution in [0.1, 0.15) is 26.2 Å². The van der Waals surface area contributed by atoms with Gasteiger partial charge in [-0.3, -0.25) is 0 Å². The summed E-state index contributed by atoms with van der Waals surface area (Å²) in [6.07, 6.45) is 10.2. The Morgan fingerprint density at radius 2 is 2.35 bits per heavy atom. The Morgan fingerprint density at radius 1 is 1.41 bits per heavy atom. The average Bonchev–Trinajstić information content (AvgIpc) is 2.91. The largest absolute Gasteiger partial charge is 0.463 e. The van der Waals surface area contributed by atoms with Gasteiger partial charge >= 0.3 is 0 Å². The third kappa shape index (κ3) is 2.14. The lowest BCUT2D eigenvalue weighted by molar-refractivity contribution is 0.328. The fourth-order valence-electron chi connectivity index (χ4n) is 2.57. The highest BCUT2D eigenvalue weighted by molar-refractivity contribution is 5.76. The first-order valence-electron chi connectivity index (χ1n) is 6.33. The predicted molar refractivity (Wildman–Crippen MR) is 69.0 cm³/mol. The second kappa shape index (κ2) is 4.40. The van der Waals surface area contributed by atoms with Crippen molar-refractivity contribution in [2.75, 3.05) is 13.2 Å². The molecule has 0 aromatic heterocycles. The lowest BCUT2D eigenvalue weighted by Gasteiger charge is -2.14. The van der Waals surface area contributed by atoms with Gasteiger partial charge < -0.3 is 10.1 Å². The smallest absolute Gasteiger partial charge is 0.285 e. The van der Waals surface area contributed by atoms with E-state index in [2.05, 4.69) is 35.5 Å². The highest BCUT2D eigenvalue weighted by Gasteiger charge is 2.27. The highest BCUT2D eigenvalue weighted by Crippen LogP contribution is 2.33. The van der Waals surface area contributed by atoms with E-state index in [1.54, 1.807) is 0 Å². The molecule has 3 heteroatoms. The summed E-state index contributed by atoms with van der Waals surface area (Å²) < 4.78 is 5.42. The van der Waals surface area contributed by atoms with Crippen molar-refractivity contribution in [2.45, 2.75) is 32.2 Å². The van der Waals surface area contributed by atoms with Crippen LogP contribution < -0.4 is 5.32 Å². The van der Waals surface area contributed by atoms with Crippen molar-refractivity contribution in [3.63, 3.8) is 0 Å². The standard InChI is InChI=1S/C14H18N2O/c1-10-2-4-11-5-7-13(12(11)6-3-10)16-14-15-8-9-17-14/h3-4,6,13H,2,5,7-9H2,1H3,(H,15,16). The molecule has 90 valence electrons. The summed E-state index contributed by atoms with van der Waals surface area (Å²) in [5.74, 6) is 0. The number of nitrogens with zero attached hydrogens (tertiary/aromatic N) is 1. The SMILES string of the molecule is CC1=CC=C2C(=CC1)CCC2NC1=NCCO1. The van der Waals surface area contributed by atoms with Crippen LogP contribution >= 0.6 is 0 Å². The maximum absolute atomic E-state index is 5.42. The monoisotopic (exact) mass is 230 g/mol. The molecule has 1 atom stereocenters. The van der Waals surface area contributed by atoms with Gasteiger partial charge in [0.2, 0.25) is 0 Å². The number of allylic oxidation sites excluding steroid dienone is 4. The number of ether oxygens (including phenoxy) is 1. The molecule has 0 saturated heterocycles. The Balaban J connectivity index is 1.78. The van der Waals surface area contributed by atoms with Crippen LogP contribution in [-0.2, 0) is 4.74 Å². The van der Waals surface area contributed by atoms with E-state index in [1.807, 2.05) is 0 Å². The fraction of sp³-hybridized carbons (Fsp3) is 0.500. The van der Waals surface area contributed by atoms with E-state index in [0.717, 1.165) is 38.4 Å². The minimum Gasteiger partial charge on any atom is -0.463 e. The number of fused-ring (bicyclic) bond motifs is 1. The maximum Gasteiger partial charge on any atom is 0.285 e. The van der Waals surface area contributed by atoms with Crippen molar-refractivity contribution in [1.82, 2.24) is 5.32 Å². The van der Waals surface area contributed by atoms with Crippen molar-refractivity contribution < 1.29 is 4.74 Å². The molecule has 0 aromatic carbocycles. The highest BCUT2D eigenvalue weighted by atomic mass is 16.5. The molecule has 0 bridgehead atoms. The zero-order valence-electron chi connectivity index (χ0n) is 10.2. The Morgan fingerprint density at radius 3 is 3.18 bits per heavy atom. The summed E-state index contributed by atoms with van der Waals surface area (Å²) in [7, 11) is 0. The molecule has 0 aromatic rings. The van der Waals surface area contributed by atoms with Gasteiger partial charge in [0.05, 0.1) is 12.6 Å². The molecule has 1 saturated carbocycles. The molecule has 0 radical (unpaired) electrons. The van der Waals surface area contributed by atoms with Crippen LogP contribution in [0.25, 0.3) is 0 Å². The normalized spacial score (nSPS) is 27.2. The van der Waals surface area contributed by atoms with Crippen molar-refractivity contribution in [3.8, 4) is 0 Å². The summed E-state index contributed by atoms with van der Waals surface area (Å²) in [6.45, 7) is 3.69. The molecule has 1 N–H and O–H groups in total. The molecular formula is C14H18N2O. The van der Waals surface area contributed by atoms with Gasteiger partial charge in [-0.1, -0.05) is 23.8 Å². The van der Waals surface area contributed by atoms with Gasteiger partial charge in [0.25, 0.3) is 6.02 Å². The Bertz CT molecular complexity index is 443. The summed E-state index contributed by atoms with van der Waals surface area (Å²) in [5, 5.41) is 3.41. The summed E-state index contributed by atoms with van der Waals surface area (Å²) >= 11 is 0. The number of amidine groups is 1. The van der Waals surface area contributed by atoms with E-state index in [0.29, 0.717) is 6.04 Å². The molecule has 1 heterocycles. The molecule has 3 rings (SSSR count). The van der Waals surface area contributed by atoms with Crippen LogP contribution in [0, 0.1) is 0 Å². The Hall–Kier alpha value is -1.51. The van der Waals surface area contributed by atoms with Gasteiger partial charge in [0, 0.05) is 0 Å². The van der Waals surface area contributed by atoms with E-state index in [1.165, 1.54) is 16.7 Å². The lowest BCUT2D eigenvalue weighted by Crippen LogP contribution is -2.34. The molecule has 3 nitrogen and oxygen atoms in total. The number of rotatable bonds is 1. The van der Waals surface area contributed by atoms with E-state index in [-0.39, 0.29) is 0 Å². The molecule has 1 unspecified atom stereocenters. The molecule has 17 heavy (non-hydrogen) atoms. The number of hydrogen-bond donors (Lipinski definition) is 1. The lowest BCUT2D eigenvalue weighted by atomic mass is 10.1. The second-order valence-corrected chi connectivity index (χ2v) is 4.84. The maximum atomic E-state index is 5.42. The number of hydrogen-bond acceptors (Lipinski definition) is 3. The second-order valence-electron chi connectivity index (χ2n) is 4.84. The molecule has 2 aliphatic carbocycles. The van der Waals surface area contributed by atoms with Gasteiger partial charge in [-0.2, -0.15) is 0 Å². The van der Waals surface area contributed by atoms with Crippen molar-refractivity contribution in [1.29, 1.82) is 0 Å². The first-order valence-corrected chi connectivity index (χ1v) is 6.33. The van der Waals surface area contributed by atoms with Gasteiger partial charge in [0.1, 0.15) is 6.61 Å². The van der Waals surface area contributed by atoms with Gasteiger partial charge in [-0.05, 0) is 37.3 Å². The predicted octanol–water partition coefficient (Wildman–Crippen LogP) is 2.33. The van der Waals surface area contributed by atoms with Crippen molar-refractivity contribution >= 4 is 6.02 Å². The van der Waals surface area contributed by atoms with Crippen LogP contribution in [0.2, 0.25) is 0 Å². The van der Waals surface area contributed by atoms with Crippen LogP contribution in [0.4, 0.5) is 0 Å². The zero-order chi connectivity index (χ0) is 11.7. The molecule has 0 spiro atoms. The number of nitrogens with one attached hydrogen (secondary N) is 1. The van der Waals surface area contributed by atoms with Crippen LogP contribution in [-0.4, -0.2) is 25.2 Å². The van der Waals surface area contributed by atoms with Crippen molar-refractivity contribution in [2.24, 2.45) is 4.99 Å².